The summed E-state index contributed by atoms with van der Waals surface area (Å²) in [7, 11) is 0. The summed E-state index contributed by atoms with van der Waals surface area (Å²) in [6.45, 7) is 8.42. The maximum atomic E-state index is 3.82. The molecule has 0 spiro atoms. The first kappa shape index (κ1) is 11.4. The van der Waals surface area contributed by atoms with E-state index in [1.165, 1.54) is 58.4 Å². The van der Waals surface area contributed by atoms with Gasteiger partial charge in [-0.15, -0.1) is 0 Å². The smallest absolute Gasteiger partial charge is 0.0198 e. The summed E-state index contributed by atoms with van der Waals surface area (Å²) in [5.41, 5.74) is 0. The van der Waals surface area contributed by atoms with Crippen LogP contribution in [0, 0.1) is 0 Å². The van der Waals surface area contributed by atoms with Gasteiger partial charge >= 0.3 is 0 Å². The van der Waals surface area contributed by atoms with E-state index in [2.05, 4.69) is 22.5 Å². The van der Waals surface area contributed by atoms with Crippen LogP contribution in [0.2, 0.25) is 0 Å². The van der Waals surface area contributed by atoms with Crippen molar-refractivity contribution < 1.29 is 0 Å². The normalized spacial score (nSPS) is 34.2. The van der Waals surface area contributed by atoms with Gasteiger partial charge in [0.2, 0.25) is 0 Å². The fourth-order valence-corrected chi connectivity index (χ4v) is 2.81. The first-order chi connectivity index (χ1) is 7.38. The number of likely N-dealkylation sites (N-methyl/N-ethyl adjacent to an activating group) is 1. The van der Waals surface area contributed by atoms with Crippen molar-refractivity contribution in [3.63, 3.8) is 0 Å². The summed E-state index contributed by atoms with van der Waals surface area (Å²) in [5, 5.41) is 7.29. The molecule has 2 N–H and O–H groups in total. The van der Waals surface area contributed by atoms with Gasteiger partial charge in [-0.25, -0.2) is 0 Å². The van der Waals surface area contributed by atoms with Gasteiger partial charge in [0.05, 0.1) is 0 Å². The Hall–Kier alpha value is -0.120. The van der Waals surface area contributed by atoms with Crippen molar-refractivity contribution >= 4 is 0 Å². The SMILES string of the molecule is CCN1CCCC(NC2CCCNC2)C1. The van der Waals surface area contributed by atoms with E-state index in [1.54, 1.807) is 0 Å². The molecule has 0 aromatic rings. The van der Waals surface area contributed by atoms with E-state index in [-0.39, 0.29) is 0 Å². The number of nitrogens with one attached hydrogen (secondary N) is 2. The minimum absolute atomic E-state index is 0.723. The van der Waals surface area contributed by atoms with Crippen molar-refractivity contribution in [2.75, 3.05) is 32.7 Å². The van der Waals surface area contributed by atoms with Crippen LogP contribution >= 0.6 is 0 Å². The molecule has 0 bridgehead atoms. The molecule has 2 aliphatic rings. The zero-order valence-electron chi connectivity index (χ0n) is 9.97. The monoisotopic (exact) mass is 211 g/mol. The Kier molecular flexibility index (Phi) is 4.42. The van der Waals surface area contributed by atoms with Gasteiger partial charge in [-0.2, -0.15) is 0 Å². The van der Waals surface area contributed by atoms with Gasteiger partial charge in [-0.3, -0.25) is 0 Å². The first-order valence-corrected chi connectivity index (χ1v) is 6.57. The minimum atomic E-state index is 0.723. The number of piperidine rings is 2. The lowest BCUT2D eigenvalue weighted by Crippen LogP contribution is -2.52. The highest BCUT2D eigenvalue weighted by atomic mass is 15.2. The molecule has 0 amide bonds. The highest BCUT2D eigenvalue weighted by Crippen LogP contribution is 2.12. The van der Waals surface area contributed by atoms with E-state index in [0.717, 1.165) is 12.1 Å². The number of likely N-dealkylation sites (tertiary alicyclic amines) is 1. The third-order valence-corrected chi connectivity index (χ3v) is 3.72. The standard InChI is InChI=1S/C12H25N3/c1-2-15-8-4-6-12(10-15)14-11-5-3-7-13-9-11/h11-14H,2-10H2,1H3. The lowest BCUT2D eigenvalue weighted by atomic mass is 10.0. The van der Waals surface area contributed by atoms with E-state index < -0.39 is 0 Å². The Morgan fingerprint density at radius 3 is 2.87 bits per heavy atom. The molecule has 2 saturated heterocycles. The van der Waals surface area contributed by atoms with Crippen LogP contribution in [-0.2, 0) is 0 Å². The highest BCUT2D eigenvalue weighted by Gasteiger charge is 2.22. The molecule has 2 unspecified atom stereocenters. The Morgan fingerprint density at radius 1 is 1.27 bits per heavy atom. The lowest BCUT2D eigenvalue weighted by molar-refractivity contribution is 0.184. The molecule has 88 valence electrons. The predicted octanol–water partition coefficient (Wildman–Crippen LogP) is 0.812. The molecule has 0 aromatic heterocycles. The molecule has 2 fully saturated rings. The van der Waals surface area contributed by atoms with E-state index in [0.29, 0.717) is 0 Å². The number of nitrogens with zero attached hydrogens (tertiary/aromatic N) is 1. The third kappa shape index (κ3) is 3.44. The van der Waals surface area contributed by atoms with Crippen LogP contribution in [0.3, 0.4) is 0 Å². The lowest BCUT2D eigenvalue weighted by Gasteiger charge is -2.36. The average molecular weight is 211 g/mol. The van der Waals surface area contributed by atoms with E-state index in [4.69, 9.17) is 0 Å². The number of hydrogen-bond acceptors (Lipinski definition) is 3. The third-order valence-electron chi connectivity index (χ3n) is 3.72. The fraction of sp³-hybridized carbons (Fsp3) is 1.00. The maximum absolute atomic E-state index is 3.82. The minimum Gasteiger partial charge on any atom is -0.315 e. The van der Waals surface area contributed by atoms with Gasteiger partial charge in [0.1, 0.15) is 0 Å². The topological polar surface area (TPSA) is 27.3 Å². The Bertz CT molecular complexity index is 178. The first-order valence-electron chi connectivity index (χ1n) is 6.57. The second-order valence-electron chi connectivity index (χ2n) is 4.94. The quantitative estimate of drug-likeness (QED) is 0.723. The van der Waals surface area contributed by atoms with Gasteiger partial charge in [-0.05, 0) is 45.3 Å². The molecule has 0 aliphatic carbocycles. The van der Waals surface area contributed by atoms with Crippen LogP contribution in [0.15, 0.2) is 0 Å². The van der Waals surface area contributed by atoms with Gasteiger partial charge in [-0.1, -0.05) is 6.92 Å². The zero-order chi connectivity index (χ0) is 10.5. The predicted molar refractivity (Wildman–Crippen MR) is 64.2 cm³/mol. The number of rotatable bonds is 3. The summed E-state index contributed by atoms with van der Waals surface area (Å²) >= 11 is 0. The second kappa shape index (κ2) is 5.83. The average Bonchev–Trinajstić information content (AvgIpc) is 2.31. The molecule has 15 heavy (non-hydrogen) atoms. The van der Waals surface area contributed by atoms with Crippen LogP contribution in [-0.4, -0.2) is 49.7 Å². The summed E-state index contributed by atoms with van der Waals surface area (Å²) in [6, 6.07) is 1.46. The van der Waals surface area contributed by atoms with Gasteiger partial charge in [0, 0.05) is 25.2 Å². The summed E-state index contributed by atoms with van der Waals surface area (Å²) in [4.78, 5) is 2.57. The van der Waals surface area contributed by atoms with Crippen molar-refractivity contribution in [1.82, 2.24) is 15.5 Å². The van der Waals surface area contributed by atoms with Crippen molar-refractivity contribution in [2.24, 2.45) is 0 Å². The Morgan fingerprint density at radius 2 is 2.13 bits per heavy atom. The van der Waals surface area contributed by atoms with E-state index in [9.17, 15) is 0 Å². The van der Waals surface area contributed by atoms with E-state index >= 15 is 0 Å². The maximum Gasteiger partial charge on any atom is 0.0198 e. The molecular formula is C12H25N3. The molecule has 0 aromatic carbocycles. The van der Waals surface area contributed by atoms with Gasteiger partial charge < -0.3 is 15.5 Å². The van der Waals surface area contributed by atoms with Crippen LogP contribution in [0.4, 0.5) is 0 Å². The molecule has 2 heterocycles. The summed E-state index contributed by atoms with van der Waals surface area (Å²) in [6.07, 6.45) is 5.43. The van der Waals surface area contributed by atoms with Gasteiger partial charge in [0.25, 0.3) is 0 Å². The zero-order valence-corrected chi connectivity index (χ0v) is 9.97. The van der Waals surface area contributed by atoms with Crippen LogP contribution < -0.4 is 10.6 Å². The Labute approximate surface area is 93.6 Å². The summed E-state index contributed by atoms with van der Waals surface area (Å²) < 4.78 is 0. The fourth-order valence-electron chi connectivity index (χ4n) is 2.81. The molecule has 0 saturated carbocycles. The molecule has 2 aliphatic heterocycles. The molecule has 3 heteroatoms. The van der Waals surface area contributed by atoms with Crippen molar-refractivity contribution in [2.45, 2.75) is 44.7 Å². The number of hydrogen-bond donors (Lipinski definition) is 2. The van der Waals surface area contributed by atoms with Crippen LogP contribution in [0.5, 0.6) is 0 Å². The van der Waals surface area contributed by atoms with E-state index in [1.807, 2.05) is 0 Å². The largest absolute Gasteiger partial charge is 0.315 e. The highest BCUT2D eigenvalue weighted by molar-refractivity contribution is 4.83. The molecule has 2 atom stereocenters. The molecule has 2 rings (SSSR count). The van der Waals surface area contributed by atoms with Crippen molar-refractivity contribution in [3.8, 4) is 0 Å². The second-order valence-corrected chi connectivity index (χ2v) is 4.94. The van der Waals surface area contributed by atoms with Crippen LogP contribution in [0.1, 0.15) is 32.6 Å². The van der Waals surface area contributed by atoms with Crippen molar-refractivity contribution in [1.29, 1.82) is 0 Å². The van der Waals surface area contributed by atoms with Gasteiger partial charge in [0.15, 0.2) is 0 Å². The van der Waals surface area contributed by atoms with Crippen LogP contribution in [0.25, 0.3) is 0 Å². The molecular weight excluding hydrogens is 186 g/mol. The summed E-state index contributed by atoms with van der Waals surface area (Å²) in [5.74, 6) is 0. The molecule has 0 radical (unpaired) electrons. The molecule has 3 nitrogen and oxygen atoms in total. The Balaban J connectivity index is 1.72. The van der Waals surface area contributed by atoms with Crippen molar-refractivity contribution in [3.05, 3.63) is 0 Å².